The highest BCUT2D eigenvalue weighted by molar-refractivity contribution is 5.36. The van der Waals surface area contributed by atoms with Crippen LogP contribution in [0.5, 0.6) is 5.75 Å². The molecule has 2 saturated heterocycles. The standard InChI is InChI=1S/C16H23NO2/c1-2-4-16(19-14-7-11-18-12-8-14)15(3-1)13-5-9-17-10-6-13/h1-4,13-14,17H,5-12H2. The monoisotopic (exact) mass is 261 g/mol. The van der Waals surface area contributed by atoms with E-state index in [1.54, 1.807) is 0 Å². The van der Waals surface area contributed by atoms with Crippen molar-refractivity contribution in [2.24, 2.45) is 0 Å². The highest BCUT2D eigenvalue weighted by atomic mass is 16.5. The Morgan fingerprint density at radius 3 is 2.53 bits per heavy atom. The zero-order chi connectivity index (χ0) is 12.9. The van der Waals surface area contributed by atoms with Gasteiger partial charge in [-0.3, -0.25) is 0 Å². The second kappa shape index (κ2) is 6.40. The normalized spacial score (nSPS) is 22.3. The number of ether oxygens (including phenoxy) is 2. The van der Waals surface area contributed by atoms with Gasteiger partial charge in [0.2, 0.25) is 0 Å². The van der Waals surface area contributed by atoms with E-state index in [1.807, 2.05) is 0 Å². The highest BCUT2D eigenvalue weighted by Gasteiger charge is 2.21. The summed E-state index contributed by atoms with van der Waals surface area (Å²) in [7, 11) is 0. The Balaban J connectivity index is 1.72. The van der Waals surface area contributed by atoms with Crippen LogP contribution in [0.1, 0.15) is 37.2 Å². The van der Waals surface area contributed by atoms with Crippen LogP contribution in [0, 0.1) is 0 Å². The third-order valence-corrected chi connectivity index (χ3v) is 4.16. The quantitative estimate of drug-likeness (QED) is 0.907. The van der Waals surface area contributed by atoms with E-state index in [0.29, 0.717) is 12.0 Å². The number of hydrogen-bond acceptors (Lipinski definition) is 3. The number of rotatable bonds is 3. The molecule has 0 amide bonds. The molecule has 0 atom stereocenters. The van der Waals surface area contributed by atoms with Crippen molar-refractivity contribution in [1.82, 2.24) is 5.32 Å². The zero-order valence-corrected chi connectivity index (χ0v) is 11.4. The van der Waals surface area contributed by atoms with Crippen molar-refractivity contribution in [2.45, 2.75) is 37.7 Å². The van der Waals surface area contributed by atoms with Gasteiger partial charge in [0.05, 0.1) is 13.2 Å². The van der Waals surface area contributed by atoms with E-state index in [1.165, 1.54) is 18.4 Å². The average Bonchev–Trinajstić information content (AvgIpc) is 2.50. The zero-order valence-electron chi connectivity index (χ0n) is 11.4. The molecule has 2 fully saturated rings. The first kappa shape index (κ1) is 12.9. The molecule has 2 aliphatic heterocycles. The lowest BCUT2D eigenvalue weighted by Crippen LogP contribution is -2.28. The van der Waals surface area contributed by atoms with Gasteiger partial charge in [0.1, 0.15) is 11.9 Å². The second-order valence-corrected chi connectivity index (χ2v) is 5.49. The van der Waals surface area contributed by atoms with Gasteiger partial charge in [-0.1, -0.05) is 18.2 Å². The van der Waals surface area contributed by atoms with Crippen LogP contribution in [0.3, 0.4) is 0 Å². The molecule has 19 heavy (non-hydrogen) atoms. The lowest BCUT2D eigenvalue weighted by molar-refractivity contribution is 0.0250. The summed E-state index contributed by atoms with van der Waals surface area (Å²) in [6.07, 6.45) is 4.79. The van der Waals surface area contributed by atoms with Crippen LogP contribution in [-0.2, 0) is 4.74 Å². The second-order valence-electron chi connectivity index (χ2n) is 5.49. The molecule has 0 aromatic heterocycles. The molecular weight excluding hydrogens is 238 g/mol. The Morgan fingerprint density at radius 2 is 1.74 bits per heavy atom. The summed E-state index contributed by atoms with van der Waals surface area (Å²) in [5.74, 6) is 1.75. The molecule has 3 heteroatoms. The minimum absolute atomic E-state index is 0.330. The van der Waals surface area contributed by atoms with Gasteiger partial charge in [-0.05, 0) is 43.5 Å². The molecular formula is C16H23NO2. The van der Waals surface area contributed by atoms with E-state index < -0.39 is 0 Å². The number of piperidine rings is 1. The van der Waals surface area contributed by atoms with Crippen LogP contribution in [0.2, 0.25) is 0 Å². The molecule has 3 rings (SSSR count). The van der Waals surface area contributed by atoms with Crippen molar-refractivity contribution in [3.05, 3.63) is 29.8 Å². The van der Waals surface area contributed by atoms with Crippen LogP contribution in [-0.4, -0.2) is 32.4 Å². The maximum atomic E-state index is 6.24. The first-order valence-corrected chi connectivity index (χ1v) is 7.47. The highest BCUT2D eigenvalue weighted by Crippen LogP contribution is 2.33. The molecule has 1 aromatic rings. The molecule has 0 aliphatic carbocycles. The third kappa shape index (κ3) is 3.28. The summed E-state index contributed by atoms with van der Waals surface area (Å²) >= 11 is 0. The maximum absolute atomic E-state index is 6.24. The Bertz CT molecular complexity index is 395. The molecule has 2 aliphatic rings. The van der Waals surface area contributed by atoms with E-state index in [2.05, 4.69) is 29.6 Å². The molecule has 0 spiro atoms. The number of benzene rings is 1. The Kier molecular flexibility index (Phi) is 4.36. The Morgan fingerprint density at radius 1 is 1.00 bits per heavy atom. The summed E-state index contributed by atoms with van der Waals surface area (Å²) in [4.78, 5) is 0. The lowest BCUT2D eigenvalue weighted by atomic mass is 9.89. The van der Waals surface area contributed by atoms with Gasteiger partial charge in [0, 0.05) is 12.8 Å². The van der Waals surface area contributed by atoms with Gasteiger partial charge in [-0.15, -0.1) is 0 Å². The first-order chi connectivity index (χ1) is 9.43. The van der Waals surface area contributed by atoms with E-state index in [9.17, 15) is 0 Å². The molecule has 1 N–H and O–H groups in total. The summed E-state index contributed by atoms with van der Waals surface area (Å²) in [6, 6.07) is 8.59. The van der Waals surface area contributed by atoms with Crippen molar-refractivity contribution in [2.75, 3.05) is 26.3 Å². The van der Waals surface area contributed by atoms with Gasteiger partial charge in [0.15, 0.2) is 0 Å². The van der Waals surface area contributed by atoms with E-state index in [0.717, 1.165) is 44.9 Å². The predicted molar refractivity (Wildman–Crippen MR) is 75.8 cm³/mol. The van der Waals surface area contributed by atoms with Crippen molar-refractivity contribution < 1.29 is 9.47 Å². The van der Waals surface area contributed by atoms with Gasteiger partial charge >= 0.3 is 0 Å². The lowest BCUT2D eigenvalue weighted by Gasteiger charge is -2.28. The summed E-state index contributed by atoms with van der Waals surface area (Å²) in [5, 5.41) is 3.43. The predicted octanol–water partition coefficient (Wildman–Crippen LogP) is 2.71. The average molecular weight is 261 g/mol. The molecule has 104 valence electrons. The SMILES string of the molecule is c1ccc(C2CCNCC2)c(OC2CCOCC2)c1. The van der Waals surface area contributed by atoms with Crippen LogP contribution in [0.25, 0.3) is 0 Å². The van der Waals surface area contributed by atoms with Crippen molar-refractivity contribution in [3.63, 3.8) is 0 Å². The molecule has 0 bridgehead atoms. The van der Waals surface area contributed by atoms with Crippen LogP contribution in [0.4, 0.5) is 0 Å². The van der Waals surface area contributed by atoms with Crippen molar-refractivity contribution >= 4 is 0 Å². The Hall–Kier alpha value is -1.06. The fraction of sp³-hybridized carbons (Fsp3) is 0.625. The van der Waals surface area contributed by atoms with Crippen LogP contribution < -0.4 is 10.1 Å². The molecule has 3 nitrogen and oxygen atoms in total. The van der Waals surface area contributed by atoms with Crippen LogP contribution in [0.15, 0.2) is 24.3 Å². The third-order valence-electron chi connectivity index (χ3n) is 4.16. The molecule has 0 saturated carbocycles. The molecule has 0 unspecified atom stereocenters. The van der Waals surface area contributed by atoms with Gasteiger partial charge in [-0.25, -0.2) is 0 Å². The number of hydrogen-bond donors (Lipinski definition) is 1. The summed E-state index contributed by atoms with van der Waals surface area (Å²) < 4.78 is 11.6. The minimum atomic E-state index is 0.330. The molecule has 2 heterocycles. The van der Waals surface area contributed by atoms with Crippen molar-refractivity contribution in [3.8, 4) is 5.75 Å². The summed E-state index contributed by atoms with van der Waals surface area (Å²) in [6.45, 7) is 3.91. The van der Waals surface area contributed by atoms with Crippen LogP contribution >= 0.6 is 0 Å². The number of nitrogens with one attached hydrogen (secondary N) is 1. The molecule has 1 aromatic carbocycles. The largest absolute Gasteiger partial charge is 0.490 e. The smallest absolute Gasteiger partial charge is 0.123 e. The topological polar surface area (TPSA) is 30.5 Å². The van der Waals surface area contributed by atoms with Crippen molar-refractivity contribution in [1.29, 1.82) is 0 Å². The maximum Gasteiger partial charge on any atom is 0.123 e. The van der Waals surface area contributed by atoms with Gasteiger partial charge in [-0.2, -0.15) is 0 Å². The fourth-order valence-corrected chi connectivity index (χ4v) is 3.03. The van der Waals surface area contributed by atoms with Gasteiger partial charge < -0.3 is 14.8 Å². The van der Waals surface area contributed by atoms with E-state index in [-0.39, 0.29) is 0 Å². The Labute approximate surface area is 115 Å². The first-order valence-electron chi connectivity index (χ1n) is 7.47. The fourth-order valence-electron chi connectivity index (χ4n) is 3.03. The van der Waals surface area contributed by atoms with E-state index >= 15 is 0 Å². The minimum Gasteiger partial charge on any atom is -0.490 e. The molecule has 0 radical (unpaired) electrons. The number of para-hydroxylation sites is 1. The van der Waals surface area contributed by atoms with Gasteiger partial charge in [0.25, 0.3) is 0 Å². The summed E-state index contributed by atoms with van der Waals surface area (Å²) in [5.41, 5.74) is 1.40. The van der Waals surface area contributed by atoms with E-state index in [4.69, 9.17) is 9.47 Å².